The molecule has 0 saturated carbocycles. The third kappa shape index (κ3) is 2.49. The Morgan fingerprint density at radius 3 is 2.26 bits per heavy atom. The summed E-state index contributed by atoms with van der Waals surface area (Å²) in [7, 11) is 0. The summed E-state index contributed by atoms with van der Waals surface area (Å²) in [6.45, 7) is 1.40. The number of rotatable bonds is 4. The SMILES string of the molecule is NCCNc1ccccc1B1Nc2cccc3cccc(c23)N1. The number of benzene rings is 3. The summed E-state index contributed by atoms with van der Waals surface area (Å²) >= 11 is 0. The van der Waals surface area contributed by atoms with E-state index < -0.39 is 0 Å². The highest BCUT2D eigenvalue weighted by Gasteiger charge is 2.27. The van der Waals surface area contributed by atoms with Crippen LogP contribution in [-0.4, -0.2) is 20.1 Å². The molecule has 0 amide bonds. The van der Waals surface area contributed by atoms with Crippen LogP contribution in [0.25, 0.3) is 10.8 Å². The highest BCUT2D eigenvalue weighted by atomic mass is 15.0. The zero-order chi connectivity index (χ0) is 15.6. The van der Waals surface area contributed by atoms with Crippen LogP contribution < -0.4 is 27.0 Å². The molecule has 1 aliphatic heterocycles. The largest absolute Gasteiger partial charge is 0.408 e. The van der Waals surface area contributed by atoms with E-state index in [1.807, 2.05) is 6.07 Å². The molecule has 1 aliphatic rings. The van der Waals surface area contributed by atoms with Crippen LogP contribution in [0.5, 0.6) is 0 Å². The van der Waals surface area contributed by atoms with Gasteiger partial charge in [0.25, 0.3) is 0 Å². The number of nitrogens with one attached hydrogen (secondary N) is 3. The van der Waals surface area contributed by atoms with Gasteiger partial charge in [0.2, 0.25) is 0 Å². The van der Waals surface area contributed by atoms with E-state index in [1.54, 1.807) is 0 Å². The standard InChI is InChI=1S/C18H19BN4/c20-11-12-21-15-8-2-1-7-14(15)19-22-16-9-3-5-13-6-4-10-17(23-19)18(13)16/h1-10,21-23H,11-12,20H2. The molecule has 0 saturated heterocycles. The fourth-order valence-corrected chi connectivity index (χ4v) is 3.20. The second-order valence-corrected chi connectivity index (χ2v) is 5.73. The van der Waals surface area contributed by atoms with Crippen LogP contribution in [0.1, 0.15) is 0 Å². The lowest BCUT2D eigenvalue weighted by Gasteiger charge is -2.28. The van der Waals surface area contributed by atoms with Crippen LogP contribution in [0.15, 0.2) is 60.7 Å². The van der Waals surface area contributed by atoms with Crippen LogP contribution in [-0.2, 0) is 0 Å². The van der Waals surface area contributed by atoms with E-state index in [-0.39, 0.29) is 6.98 Å². The van der Waals surface area contributed by atoms with Gasteiger partial charge in [-0.3, -0.25) is 0 Å². The van der Waals surface area contributed by atoms with E-state index >= 15 is 0 Å². The van der Waals surface area contributed by atoms with E-state index in [4.69, 9.17) is 5.73 Å². The van der Waals surface area contributed by atoms with Crippen molar-refractivity contribution in [2.75, 3.05) is 28.9 Å². The van der Waals surface area contributed by atoms with Crippen molar-refractivity contribution in [3.63, 3.8) is 0 Å². The van der Waals surface area contributed by atoms with Gasteiger partial charge in [-0.05, 0) is 29.0 Å². The van der Waals surface area contributed by atoms with Crippen LogP contribution >= 0.6 is 0 Å². The molecule has 0 fully saturated rings. The molecule has 4 nitrogen and oxygen atoms in total. The van der Waals surface area contributed by atoms with E-state index in [0.29, 0.717) is 6.54 Å². The molecule has 0 aromatic heterocycles. The Kier molecular flexibility index (Phi) is 3.56. The minimum Gasteiger partial charge on any atom is -0.405 e. The van der Waals surface area contributed by atoms with Crippen LogP contribution in [0, 0.1) is 0 Å². The summed E-state index contributed by atoms with van der Waals surface area (Å²) in [6.07, 6.45) is 0. The molecule has 23 heavy (non-hydrogen) atoms. The lowest BCUT2D eigenvalue weighted by molar-refractivity contribution is 1.03. The van der Waals surface area contributed by atoms with Gasteiger partial charge in [0.15, 0.2) is 0 Å². The van der Waals surface area contributed by atoms with Crippen molar-refractivity contribution >= 4 is 40.3 Å². The molecule has 4 rings (SSSR count). The van der Waals surface area contributed by atoms with Gasteiger partial charge in [-0.1, -0.05) is 42.5 Å². The molecule has 0 spiro atoms. The third-order valence-corrected chi connectivity index (χ3v) is 4.24. The van der Waals surface area contributed by atoms with E-state index in [2.05, 4.69) is 70.4 Å². The molecule has 1 heterocycles. The first kappa shape index (κ1) is 14.0. The molecule has 0 unspecified atom stereocenters. The average molecular weight is 302 g/mol. The first-order valence-electron chi connectivity index (χ1n) is 7.94. The fourth-order valence-electron chi connectivity index (χ4n) is 3.20. The summed E-state index contributed by atoms with van der Waals surface area (Å²) < 4.78 is 0. The lowest BCUT2D eigenvalue weighted by Crippen LogP contribution is -2.48. The quantitative estimate of drug-likeness (QED) is 0.559. The van der Waals surface area contributed by atoms with Gasteiger partial charge in [0.1, 0.15) is 0 Å². The molecule has 3 aromatic rings. The maximum Gasteiger partial charge on any atom is 0.408 e. The van der Waals surface area contributed by atoms with Gasteiger partial charge in [-0.25, -0.2) is 0 Å². The predicted octanol–water partition coefficient (Wildman–Crippen LogP) is 2.44. The Balaban J connectivity index is 1.74. The number of hydrogen-bond donors (Lipinski definition) is 4. The predicted molar refractivity (Wildman–Crippen MR) is 101 cm³/mol. The highest BCUT2D eigenvalue weighted by Crippen LogP contribution is 2.34. The van der Waals surface area contributed by atoms with Crippen molar-refractivity contribution in [3.05, 3.63) is 60.7 Å². The number of para-hydroxylation sites is 1. The molecule has 3 aromatic carbocycles. The normalized spacial score (nSPS) is 12.7. The summed E-state index contributed by atoms with van der Waals surface area (Å²) in [6, 6.07) is 21.1. The summed E-state index contributed by atoms with van der Waals surface area (Å²) in [5.74, 6) is 0. The maximum atomic E-state index is 5.63. The Morgan fingerprint density at radius 1 is 0.870 bits per heavy atom. The van der Waals surface area contributed by atoms with E-state index in [1.165, 1.54) is 16.2 Å². The summed E-state index contributed by atoms with van der Waals surface area (Å²) in [5.41, 5.74) is 10.2. The fraction of sp³-hybridized carbons (Fsp3) is 0.111. The van der Waals surface area contributed by atoms with Crippen molar-refractivity contribution in [3.8, 4) is 0 Å². The van der Waals surface area contributed by atoms with Crippen molar-refractivity contribution in [1.29, 1.82) is 0 Å². The lowest BCUT2D eigenvalue weighted by atomic mass is 9.65. The van der Waals surface area contributed by atoms with Crippen molar-refractivity contribution in [2.45, 2.75) is 0 Å². The van der Waals surface area contributed by atoms with E-state index in [9.17, 15) is 0 Å². The zero-order valence-corrected chi connectivity index (χ0v) is 12.8. The minimum atomic E-state index is 0.0250. The molecule has 0 bridgehead atoms. The van der Waals surface area contributed by atoms with Gasteiger partial charge in [0.05, 0.1) is 0 Å². The maximum absolute atomic E-state index is 5.63. The molecule has 5 N–H and O–H groups in total. The summed E-state index contributed by atoms with van der Waals surface area (Å²) in [4.78, 5) is 0. The Labute approximate surface area is 136 Å². The Hall–Kier alpha value is -2.66. The van der Waals surface area contributed by atoms with E-state index in [0.717, 1.165) is 23.6 Å². The Morgan fingerprint density at radius 2 is 1.57 bits per heavy atom. The number of nitrogens with two attached hydrogens (primary N) is 1. The molecule has 114 valence electrons. The van der Waals surface area contributed by atoms with Gasteiger partial charge in [-0.2, -0.15) is 0 Å². The first-order valence-corrected chi connectivity index (χ1v) is 7.94. The number of hydrogen-bond acceptors (Lipinski definition) is 4. The molecule has 0 atom stereocenters. The first-order chi connectivity index (χ1) is 11.4. The minimum absolute atomic E-state index is 0.0250. The average Bonchev–Trinajstić information content (AvgIpc) is 2.60. The monoisotopic (exact) mass is 302 g/mol. The summed E-state index contributed by atoms with van der Waals surface area (Å²) in [5, 5.41) is 13.1. The van der Waals surface area contributed by atoms with Gasteiger partial charge < -0.3 is 21.5 Å². The molecular weight excluding hydrogens is 283 g/mol. The molecular formula is C18H19BN4. The molecule has 0 aliphatic carbocycles. The Bertz CT molecular complexity index is 809. The topological polar surface area (TPSA) is 62.1 Å². The highest BCUT2D eigenvalue weighted by molar-refractivity contribution is 6.81. The molecule has 0 radical (unpaired) electrons. The van der Waals surface area contributed by atoms with Crippen LogP contribution in [0.2, 0.25) is 0 Å². The second kappa shape index (κ2) is 5.86. The van der Waals surface area contributed by atoms with Gasteiger partial charge in [0, 0.05) is 35.5 Å². The third-order valence-electron chi connectivity index (χ3n) is 4.24. The van der Waals surface area contributed by atoms with Crippen molar-refractivity contribution in [1.82, 2.24) is 0 Å². The van der Waals surface area contributed by atoms with Crippen LogP contribution in [0.4, 0.5) is 17.1 Å². The smallest absolute Gasteiger partial charge is 0.405 e. The van der Waals surface area contributed by atoms with Gasteiger partial charge in [-0.15, -0.1) is 0 Å². The second-order valence-electron chi connectivity index (χ2n) is 5.73. The zero-order valence-electron chi connectivity index (χ0n) is 12.8. The number of anilines is 3. The van der Waals surface area contributed by atoms with Gasteiger partial charge >= 0.3 is 6.98 Å². The van der Waals surface area contributed by atoms with Crippen molar-refractivity contribution in [2.24, 2.45) is 5.73 Å². The molecule has 5 heteroatoms. The van der Waals surface area contributed by atoms with Crippen molar-refractivity contribution < 1.29 is 0 Å². The van der Waals surface area contributed by atoms with Crippen LogP contribution in [0.3, 0.4) is 0 Å².